The van der Waals surface area contributed by atoms with Gasteiger partial charge in [0, 0.05) is 23.0 Å². The number of benzene rings is 1. The molecule has 1 aliphatic carbocycles. The molecule has 1 fully saturated rings. The Bertz CT molecular complexity index is 946. The molecule has 0 spiro atoms. The van der Waals surface area contributed by atoms with Crippen LogP contribution in [0, 0.1) is 19.8 Å². The zero-order valence-electron chi connectivity index (χ0n) is 14.3. The van der Waals surface area contributed by atoms with Gasteiger partial charge in [0.05, 0.1) is 5.39 Å². The van der Waals surface area contributed by atoms with Gasteiger partial charge >= 0.3 is 0 Å². The fourth-order valence-corrected chi connectivity index (χ4v) is 3.85. The first-order chi connectivity index (χ1) is 12.1. The number of hydrogen-bond donors (Lipinski definition) is 2. The molecule has 2 aromatic heterocycles. The number of aryl methyl sites for hydroxylation is 2. The van der Waals surface area contributed by atoms with Crippen molar-refractivity contribution in [2.24, 2.45) is 5.92 Å². The number of thiophene rings is 1. The summed E-state index contributed by atoms with van der Waals surface area (Å²) in [7, 11) is 0. The van der Waals surface area contributed by atoms with Crippen molar-refractivity contribution in [2.75, 3.05) is 10.6 Å². The van der Waals surface area contributed by atoms with E-state index < -0.39 is 0 Å². The number of nitrogens with one attached hydrogen (secondary N) is 2. The summed E-state index contributed by atoms with van der Waals surface area (Å²) < 4.78 is 0. The summed E-state index contributed by atoms with van der Waals surface area (Å²) in [5, 5.41) is 7.51. The highest BCUT2D eigenvalue weighted by Gasteiger charge is 2.29. The van der Waals surface area contributed by atoms with Crippen molar-refractivity contribution in [1.82, 2.24) is 9.97 Å². The van der Waals surface area contributed by atoms with E-state index in [1.807, 2.05) is 24.3 Å². The zero-order valence-corrected chi connectivity index (χ0v) is 15.1. The Morgan fingerprint density at radius 2 is 2.12 bits per heavy atom. The van der Waals surface area contributed by atoms with Crippen molar-refractivity contribution >= 4 is 39.0 Å². The van der Waals surface area contributed by atoms with E-state index in [2.05, 4.69) is 34.4 Å². The molecule has 0 aliphatic heterocycles. The predicted molar refractivity (Wildman–Crippen MR) is 102 cm³/mol. The van der Waals surface area contributed by atoms with Gasteiger partial charge in [0.25, 0.3) is 0 Å². The van der Waals surface area contributed by atoms with Crippen LogP contribution in [-0.2, 0) is 11.3 Å². The third-order valence-corrected chi connectivity index (χ3v) is 5.68. The molecule has 3 aromatic rings. The van der Waals surface area contributed by atoms with Crippen LogP contribution in [0.25, 0.3) is 10.2 Å². The van der Waals surface area contributed by atoms with Crippen molar-refractivity contribution in [3.63, 3.8) is 0 Å². The van der Waals surface area contributed by atoms with Crippen molar-refractivity contribution in [3.8, 4) is 0 Å². The van der Waals surface area contributed by atoms with Gasteiger partial charge in [0.2, 0.25) is 5.91 Å². The highest BCUT2D eigenvalue weighted by molar-refractivity contribution is 7.18. The van der Waals surface area contributed by atoms with Gasteiger partial charge in [0.15, 0.2) is 0 Å². The number of carbonyl (C=O) groups excluding carboxylic acids is 1. The second-order valence-corrected chi connectivity index (χ2v) is 7.71. The molecular formula is C19H20N4OS. The minimum Gasteiger partial charge on any atom is -0.365 e. The molecule has 4 rings (SSSR count). The maximum Gasteiger partial charge on any atom is 0.227 e. The van der Waals surface area contributed by atoms with Crippen molar-refractivity contribution in [3.05, 3.63) is 46.6 Å². The molecule has 1 aromatic carbocycles. The van der Waals surface area contributed by atoms with Crippen LogP contribution in [0.3, 0.4) is 0 Å². The number of amides is 1. The summed E-state index contributed by atoms with van der Waals surface area (Å²) in [6, 6.07) is 7.95. The average molecular weight is 352 g/mol. The van der Waals surface area contributed by atoms with Gasteiger partial charge in [-0.15, -0.1) is 11.3 Å². The number of rotatable bonds is 5. The number of anilines is 2. The van der Waals surface area contributed by atoms with Gasteiger partial charge in [-0.25, -0.2) is 9.97 Å². The van der Waals surface area contributed by atoms with Crippen LogP contribution in [0.4, 0.5) is 11.5 Å². The molecular weight excluding hydrogens is 332 g/mol. The second-order valence-electron chi connectivity index (χ2n) is 6.50. The van der Waals surface area contributed by atoms with E-state index in [1.165, 1.54) is 10.4 Å². The van der Waals surface area contributed by atoms with E-state index in [-0.39, 0.29) is 11.8 Å². The Morgan fingerprint density at radius 3 is 2.92 bits per heavy atom. The van der Waals surface area contributed by atoms with Crippen LogP contribution < -0.4 is 10.6 Å². The number of aromatic nitrogens is 2. The van der Waals surface area contributed by atoms with Crippen LogP contribution in [0.2, 0.25) is 0 Å². The minimum atomic E-state index is 0.131. The summed E-state index contributed by atoms with van der Waals surface area (Å²) in [6.45, 7) is 4.86. The summed E-state index contributed by atoms with van der Waals surface area (Å²) in [4.78, 5) is 23.0. The number of nitrogens with zero attached hydrogens (tertiary/aromatic N) is 2. The standard InChI is InChI=1S/C19H20N4OS/c1-11-12(2)25-19-16(11)17(21-10-22-19)20-9-13-4-3-5-15(8-13)23-18(24)14-6-7-14/h3-5,8,10,14H,6-7,9H2,1-2H3,(H,23,24)(H,20,21,22). The SMILES string of the molecule is Cc1sc2ncnc(NCc3cccc(NC(=O)C4CC4)c3)c2c1C. The maximum absolute atomic E-state index is 11.9. The Balaban J connectivity index is 1.51. The normalized spacial score (nSPS) is 13.8. The van der Waals surface area contributed by atoms with Gasteiger partial charge < -0.3 is 10.6 Å². The Labute approximate surface area is 150 Å². The molecule has 2 heterocycles. The summed E-state index contributed by atoms with van der Waals surface area (Å²) in [5.74, 6) is 1.20. The quantitative estimate of drug-likeness (QED) is 0.720. The monoisotopic (exact) mass is 352 g/mol. The molecule has 0 radical (unpaired) electrons. The van der Waals surface area contributed by atoms with Gasteiger partial charge in [-0.05, 0) is 49.9 Å². The number of fused-ring (bicyclic) bond motifs is 1. The Kier molecular flexibility index (Phi) is 4.13. The molecule has 5 nitrogen and oxygen atoms in total. The third kappa shape index (κ3) is 3.35. The van der Waals surface area contributed by atoms with E-state index in [1.54, 1.807) is 17.7 Å². The van der Waals surface area contributed by atoms with Gasteiger partial charge in [-0.1, -0.05) is 12.1 Å². The molecule has 6 heteroatoms. The lowest BCUT2D eigenvalue weighted by atomic mass is 10.2. The van der Waals surface area contributed by atoms with Crippen LogP contribution in [-0.4, -0.2) is 15.9 Å². The fourth-order valence-electron chi connectivity index (χ4n) is 2.85. The summed E-state index contributed by atoms with van der Waals surface area (Å²) in [5.41, 5.74) is 3.19. The van der Waals surface area contributed by atoms with Gasteiger partial charge in [-0.3, -0.25) is 4.79 Å². The Hall–Kier alpha value is -2.47. The highest BCUT2D eigenvalue weighted by atomic mass is 32.1. The van der Waals surface area contributed by atoms with Crippen molar-refractivity contribution < 1.29 is 4.79 Å². The molecule has 1 saturated carbocycles. The van der Waals surface area contributed by atoms with Gasteiger partial charge in [0.1, 0.15) is 17.0 Å². The molecule has 0 bridgehead atoms. The summed E-state index contributed by atoms with van der Waals surface area (Å²) >= 11 is 1.69. The first-order valence-corrected chi connectivity index (χ1v) is 9.28. The smallest absolute Gasteiger partial charge is 0.227 e. The lowest BCUT2D eigenvalue weighted by molar-refractivity contribution is -0.117. The average Bonchev–Trinajstić information content (AvgIpc) is 3.41. The van der Waals surface area contributed by atoms with E-state index in [0.29, 0.717) is 6.54 Å². The van der Waals surface area contributed by atoms with Crippen molar-refractivity contribution in [2.45, 2.75) is 33.2 Å². The molecule has 2 N–H and O–H groups in total. The van der Waals surface area contributed by atoms with E-state index in [4.69, 9.17) is 0 Å². The largest absolute Gasteiger partial charge is 0.365 e. The van der Waals surface area contributed by atoms with E-state index in [9.17, 15) is 4.79 Å². The van der Waals surface area contributed by atoms with Crippen molar-refractivity contribution in [1.29, 1.82) is 0 Å². The molecule has 0 atom stereocenters. The topological polar surface area (TPSA) is 66.9 Å². The molecule has 0 unspecified atom stereocenters. The fraction of sp³-hybridized carbons (Fsp3) is 0.316. The number of hydrogen-bond acceptors (Lipinski definition) is 5. The Morgan fingerprint density at radius 1 is 1.28 bits per heavy atom. The molecule has 128 valence electrons. The molecule has 0 saturated heterocycles. The maximum atomic E-state index is 11.9. The summed E-state index contributed by atoms with van der Waals surface area (Å²) in [6.07, 6.45) is 3.62. The molecule has 25 heavy (non-hydrogen) atoms. The van der Waals surface area contributed by atoms with Crippen LogP contribution in [0.5, 0.6) is 0 Å². The minimum absolute atomic E-state index is 0.131. The lowest BCUT2D eigenvalue weighted by Crippen LogP contribution is -2.13. The van der Waals surface area contributed by atoms with E-state index >= 15 is 0 Å². The highest BCUT2D eigenvalue weighted by Crippen LogP contribution is 2.33. The molecule has 1 amide bonds. The first kappa shape index (κ1) is 16.0. The first-order valence-electron chi connectivity index (χ1n) is 8.46. The third-order valence-electron chi connectivity index (χ3n) is 4.57. The second kappa shape index (κ2) is 6.44. The molecule has 1 aliphatic rings. The van der Waals surface area contributed by atoms with Crippen LogP contribution in [0.1, 0.15) is 28.8 Å². The number of carbonyl (C=O) groups is 1. The van der Waals surface area contributed by atoms with Crippen LogP contribution >= 0.6 is 11.3 Å². The van der Waals surface area contributed by atoms with Gasteiger partial charge in [-0.2, -0.15) is 0 Å². The predicted octanol–water partition coefficient (Wildman–Crippen LogP) is 4.27. The lowest BCUT2D eigenvalue weighted by Gasteiger charge is -2.10. The van der Waals surface area contributed by atoms with Crippen LogP contribution in [0.15, 0.2) is 30.6 Å². The van der Waals surface area contributed by atoms with E-state index in [0.717, 1.165) is 40.1 Å². The zero-order chi connectivity index (χ0) is 17.4.